The van der Waals surface area contributed by atoms with Crippen LogP contribution in [-0.4, -0.2) is 52.8 Å². The zero-order chi connectivity index (χ0) is 17.0. The maximum Gasteiger partial charge on any atom is 0.358 e. The van der Waals surface area contributed by atoms with Crippen LogP contribution in [0.3, 0.4) is 0 Å². The van der Waals surface area contributed by atoms with Crippen molar-refractivity contribution < 1.29 is 33.6 Å². The van der Waals surface area contributed by atoms with E-state index in [1.54, 1.807) is 13.8 Å². The van der Waals surface area contributed by atoms with E-state index in [4.69, 9.17) is 31.2 Å². The van der Waals surface area contributed by atoms with Gasteiger partial charge in [-0.1, -0.05) is 0 Å². The third-order valence-corrected chi connectivity index (χ3v) is 3.54. The van der Waals surface area contributed by atoms with Crippen LogP contribution in [0, 0.1) is 5.82 Å². The van der Waals surface area contributed by atoms with Gasteiger partial charge in [-0.25, -0.2) is 4.39 Å². The van der Waals surface area contributed by atoms with E-state index in [1.807, 2.05) is 0 Å². The molecule has 0 unspecified atom stereocenters. The summed E-state index contributed by atoms with van der Waals surface area (Å²) in [6.07, 6.45) is -4.97. The van der Waals surface area contributed by atoms with E-state index in [2.05, 4.69) is 0 Å². The molecule has 1 aromatic carbocycles. The van der Waals surface area contributed by atoms with Crippen LogP contribution < -0.4 is 4.74 Å². The highest BCUT2D eigenvalue weighted by molar-refractivity contribution is 7.79. The van der Waals surface area contributed by atoms with Crippen LogP contribution in [0.2, 0.25) is 0 Å². The highest BCUT2D eigenvalue weighted by Crippen LogP contribution is 2.25. The van der Waals surface area contributed by atoms with E-state index in [-0.39, 0.29) is 11.0 Å². The summed E-state index contributed by atoms with van der Waals surface area (Å²) in [5.41, 5.74) is 0. The van der Waals surface area contributed by atoms with Crippen molar-refractivity contribution in [3.8, 4) is 5.75 Å². The first-order valence-electron chi connectivity index (χ1n) is 7.19. The molecule has 0 aromatic heterocycles. The standard InChI is InChI=1S/C15H19FO6S/c1-3-19-14-12(18)13(11(17)8(2)20-14)22-15(23)21-10-6-4-9(16)5-7-10/h4-8,11-14,17-18H,3H2,1-2H3/t8-,11+,12-,13+,14-/m0/s1. The Kier molecular flexibility index (Phi) is 6.25. The number of aliphatic hydroxyl groups is 2. The van der Waals surface area contributed by atoms with Gasteiger partial charge in [-0.3, -0.25) is 0 Å². The first-order chi connectivity index (χ1) is 10.9. The molecular formula is C15H19FO6S. The van der Waals surface area contributed by atoms with Crippen LogP contribution in [0.5, 0.6) is 5.75 Å². The number of benzene rings is 1. The van der Waals surface area contributed by atoms with Crippen molar-refractivity contribution >= 4 is 17.5 Å². The van der Waals surface area contributed by atoms with Crippen molar-refractivity contribution in [2.24, 2.45) is 0 Å². The quantitative estimate of drug-likeness (QED) is 0.798. The average Bonchev–Trinajstić information content (AvgIpc) is 2.51. The van der Waals surface area contributed by atoms with Gasteiger partial charge in [0.2, 0.25) is 0 Å². The Bertz CT molecular complexity index is 525. The summed E-state index contributed by atoms with van der Waals surface area (Å²) in [5, 5.41) is 20.0. The third-order valence-electron chi connectivity index (χ3n) is 3.36. The zero-order valence-corrected chi connectivity index (χ0v) is 13.5. The van der Waals surface area contributed by atoms with Gasteiger partial charge in [0.1, 0.15) is 23.8 Å². The van der Waals surface area contributed by atoms with Gasteiger partial charge < -0.3 is 29.2 Å². The smallest absolute Gasteiger partial charge is 0.358 e. The van der Waals surface area contributed by atoms with Crippen molar-refractivity contribution in [1.82, 2.24) is 0 Å². The van der Waals surface area contributed by atoms with Gasteiger partial charge in [-0.2, -0.15) is 0 Å². The molecule has 1 aliphatic rings. The molecule has 1 aromatic rings. The molecule has 23 heavy (non-hydrogen) atoms. The Balaban J connectivity index is 2.00. The fourth-order valence-corrected chi connectivity index (χ4v) is 2.38. The van der Waals surface area contributed by atoms with Crippen molar-refractivity contribution in [2.75, 3.05) is 6.61 Å². The largest absolute Gasteiger partial charge is 0.447 e. The monoisotopic (exact) mass is 346 g/mol. The van der Waals surface area contributed by atoms with Crippen molar-refractivity contribution in [2.45, 2.75) is 44.6 Å². The summed E-state index contributed by atoms with van der Waals surface area (Å²) < 4.78 is 34.1. The number of hydrogen-bond acceptors (Lipinski definition) is 7. The predicted molar refractivity (Wildman–Crippen MR) is 82.5 cm³/mol. The lowest BCUT2D eigenvalue weighted by Gasteiger charge is -2.40. The highest BCUT2D eigenvalue weighted by Gasteiger charge is 2.45. The summed E-state index contributed by atoms with van der Waals surface area (Å²) >= 11 is 4.96. The number of aliphatic hydroxyl groups excluding tert-OH is 2. The minimum atomic E-state index is -1.24. The maximum atomic E-state index is 12.8. The molecule has 1 heterocycles. The molecule has 1 aliphatic heterocycles. The molecule has 1 saturated heterocycles. The second-order valence-electron chi connectivity index (χ2n) is 5.03. The number of halogens is 1. The third kappa shape index (κ3) is 4.58. The van der Waals surface area contributed by atoms with Crippen LogP contribution in [0.1, 0.15) is 13.8 Å². The van der Waals surface area contributed by atoms with Gasteiger partial charge in [-0.15, -0.1) is 0 Å². The number of thiocarbonyl (C=S) groups is 1. The van der Waals surface area contributed by atoms with E-state index in [0.29, 0.717) is 6.61 Å². The second-order valence-corrected chi connectivity index (χ2v) is 5.37. The molecule has 0 radical (unpaired) electrons. The fraction of sp³-hybridized carbons (Fsp3) is 0.533. The lowest BCUT2D eigenvalue weighted by molar-refractivity contribution is -0.290. The predicted octanol–water partition coefficient (Wildman–Crippen LogP) is 1.38. The Morgan fingerprint density at radius 2 is 1.91 bits per heavy atom. The lowest BCUT2D eigenvalue weighted by atomic mass is 10.00. The van der Waals surface area contributed by atoms with Crippen molar-refractivity contribution in [3.05, 3.63) is 30.1 Å². The van der Waals surface area contributed by atoms with Crippen molar-refractivity contribution in [1.29, 1.82) is 0 Å². The van der Waals surface area contributed by atoms with E-state index < -0.39 is 36.5 Å². The first kappa shape index (κ1) is 18.0. The van der Waals surface area contributed by atoms with Crippen LogP contribution in [-0.2, 0) is 14.2 Å². The summed E-state index contributed by atoms with van der Waals surface area (Å²) in [6.45, 7) is 3.71. The van der Waals surface area contributed by atoms with Gasteiger partial charge in [0.25, 0.3) is 0 Å². The zero-order valence-electron chi connectivity index (χ0n) is 12.7. The molecule has 0 bridgehead atoms. The summed E-state index contributed by atoms with van der Waals surface area (Å²) in [6, 6.07) is 5.19. The number of rotatable bonds is 4. The van der Waals surface area contributed by atoms with Gasteiger partial charge in [0.15, 0.2) is 12.4 Å². The molecule has 0 amide bonds. The summed E-state index contributed by atoms with van der Waals surface area (Å²) in [7, 11) is 0. The summed E-state index contributed by atoms with van der Waals surface area (Å²) in [4.78, 5) is 0. The minimum Gasteiger partial charge on any atom is -0.447 e. The first-order valence-corrected chi connectivity index (χ1v) is 7.60. The van der Waals surface area contributed by atoms with Crippen LogP contribution >= 0.6 is 12.2 Å². The topological polar surface area (TPSA) is 77.4 Å². The van der Waals surface area contributed by atoms with Gasteiger partial charge in [-0.05, 0) is 38.1 Å². The summed E-state index contributed by atoms with van der Waals surface area (Å²) in [5.74, 6) is -0.130. The molecular weight excluding hydrogens is 327 g/mol. The van der Waals surface area contributed by atoms with Gasteiger partial charge in [0, 0.05) is 18.8 Å². The van der Waals surface area contributed by atoms with E-state index in [0.717, 1.165) is 0 Å². The molecule has 0 spiro atoms. The number of ether oxygens (including phenoxy) is 4. The minimum absolute atomic E-state index is 0.279. The normalized spacial score (nSPS) is 30.7. The maximum absolute atomic E-state index is 12.8. The van der Waals surface area contributed by atoms with Crippen LogP contribution in [0.4, 0.5) is 4.39 Å². The Morgan fingerprint density at radius 1 is 1.26 bits per heavy atom. The van der Waals surface area contributed by atoms with E-state index >= 15 is 0 Å². The molecule has 0 saturated carbocycles. The molecule has 1 fully saturated rings. The van der Waals surface area contributed by atoms with E-state index in [9.17, 15) is 14.6 Å². The Morgan fingerprint density at radius 3 is 2.52 bits per heavy atom. The SMILES string of the molecule is CCO[C@H]1O[C@@H](C)[C@@H](O)[C@@H](OC(=S)Oc2ccc(F)cc2)[C@@H]1O. The van der Waals surface area contributed by atoms with E-state index in [1.165, 1.54) is 24.3 Å². The second kappa shape index (κ2) is 7.98. The van der Waals surface area contributed by atoms with Crippen LogP contribution in [0.25, 0.3) is 0 Å². The highest BCUT2D eigenvalue weighted by atomic mass is 32.1. The molecule has 128 valence electrons. The Hall–Kier alpha value is -1.32. The molecule has 5 atom stereocenters. The molecule has 2 N–H and O–H groups in total. The molecule has 8 heteroatoms. The van der Waals surface area contributed by atoms with Crippen LogP contribution in [0.15, 0.2) is 24.3 Å². The van der Waals surface area contributed by atoms with Gasteiger partial charge >= 0.3 is 5.24 Å². The van der Waals surface area contributed by atoms with Gasteiger partial charge in [0.05, 0.1) is 6.10 Å². The molecule has 6 nitrogen and oxygen atoms in total. The van der Waals surface area contributed by atoms with Crippen molar-refractivity contribution in [3.63, 3.8) is 0 Å². The average molecular weight is 346 g/mol. The lowest BCUT2D eigenvalue weighted by Crippen LogP contribution is -2.59. The number of hydrogen-bond donors (Lipinski definition) is 2. The fourth-order valence-electron chi connectivity index (χ4n) is 2.17. The Labute approximate surface area is 138 Å². The molecule has 2 rings (SSSR count). The molecule has 0 aliphatic carbocycles.